The largest absolute Gasteiger partial charge is 0.451 e. The van der Waals surface area contributed by atoms with Gasteiger partial charge in [0.05, 0.1) is 0 Å². The lowest BCUT2D eigenvalue weighted by Gasteiger charge is -2.13. The molecule has 3 nitrogen and oxygen atoms in total. The lowest BCUT2D eigenvalue weighted by Crippen LogP contribution is -1.98. The number of ketones is 1. The van der Waals surface area contributed by atoms with Crippen molar-refractivity contribution in [3.8, 4) is 22.4 Å². The van der Waals surface area contributed by atoms with Gasteiger partial charge < -0.3 is 4.42 Å². The van der Waals surface area contributed by atoms with Crippen LogP contribution in [0.15, 0.2) is 47.4 Å². The van der Waals surface area contributed by atoms with Crippen molar-refractivity contribution in [2.45, 2.75) is 44.9 Å². The monoisotopic (exact) mass is 343 g/mol. The van der Waals surface area contributed by atoms with Crippen LogP contribution in [0, 0.1) is 0 Å². The molecule has 130 valence electrons. The van der Waals surface area contributed by atoms with Crippen LogP contribution in [0.4, 0.5) is 0 Å². The van der Waals surface area contributed by atoms with Crippen LogP contribution in [0.25, 0.3) is 22.4 Å². The van der Waals surface area contributed by atoms with Crippen LogP contribution in [-0.2, 0) is 6.42 Å². The number of aromatic nitrogens is 1. The van der Waals surface area contributed by atoms with E-state index in [4.69, 9.17) is 4.42 Å². The Morgan fingerprint density at radius 3 is 2.81 bits per heavy atom. The normalized spacial score (nSPS) is 17.3. The Morgan fingerprint density at radius 2 is 2.00 bits per heavy atom. The summed E-state index contributed by atoms with van der Waals surface area (Å²) >= 11 is 0. The number of rotatable bonds is 4. The summed E-state index contributed by atoms with van der Waals surface area (Å²) in [5.41, 5.74) is 9.51. The molecule has 0 spiro atoms. The quantitative estimate of drug-likeness (QED) is 0.603. The van der Waals surface area contributed by atoms with Crippen LogP contribution < -0.4 is 0 Å². The first-order valence-electron chi connectivity index (χ1n) is 9.49. The summed E-state index contributed by atoms with van der Waals surface area (Å²) in [6.07, 6.45) is 8.23. The van der Waals surface area contributed by atoms with Crippen LogP contribution in [0.1, 0.15) is 65.6 Å². The zero-order valence-electron chi connectivity index (χ0n) is 14.9. The average Bonchev–Trinajstić information content (AvgIpc) is 3.38. The number of nitrogens with zero attached hydrogens (tertiary/aromatic N) is 1. The molecular weight excluding hydrogens is 322 g/mol. The molecule has 2 aromatic carbocycles. The van der Waals surface area contributed by atoms with E-state index in [-0.39, 0.29) is 5.78 Å². The number of benzene rings is 2. The summed E-state index contributed by atoms with van der Waals surface area (Å²) in [5.74, 6) is 0.723. The minimum Gasteiger partial charge on any atom is -0.451 e. The Bertz CT molecular complexity index is 1000. The summed E-state index contributed by atoms with van der Waals surface area (Å²) in [4.78, 5) is 16.6. The van der Waals surface area contributed by atoms with E-state index in [0.717, 1.165) is 29.7 Å². The van der Waals surface area contributed by atoms with E-state index in [9.17, 15) is 4.79 Å². The van der Waals surface area contributed by atoms with Gasteiger partial charge in [-0.15, -0.1) is 0 Å². The third kappa shape index (κ3) is 2.20. The fourth-order valence-electron chi connectivity index (χ4n) is 4.65. The van der Waals surface area contributed by atoms with Gasteiger partial charge in [0.2, 0.25) is 0 Å². The molecule has 0 saturated heterocycles. The molecule has 2 aliphatic rings. The number of Topliss-reactive ketones (excluding diaryl/α,β-unsaturated/α-hetero) is 1. The minimum absolute atomic E-state index is 0.286. The Balaban J connectivity index is 1.72. The van der Waals surface area contributed by atoms with E-state index in [0.29, 0.717) is 12.3 Å². The minimum atomic E-state index is 0.286. The molecule has 0 N–H and O–H groups in total. The SMILES string of the molecule is CCCCC1c2ccc(-c3cocn3)cc2-c2c1ccc1c2CCC1=O. The van der Waals surface area contributed by atoms with Gasteiger partial charge in [-0.05, 0) is 46.7 Å². The van der Waals surface area contributed by atoms with E-state index in [1.54, 1.807) is 6.26 Å². The molecule has 0 radical (unpaired) electrons. The highest BCUT2D eigenvalue weighted by Gasteiger charge is 2.34. The number of fused-ring (bicyclic) bond motifs is 5. The molecule has 1 aromatic heterocycles. The van der Waals surface area contributed by atoms with Crippen molar-refractivity contribution in [1.82, 2.24) is 4.98 Å². The van der Waals surface area contributed by atoms with Crippen molar-refractivity contribution in [2.24, 2.45) is 0 Å². The molecule has 1 unspecified atom stereocenters. The Kier molecular flexibility index (Phi) is 3.56. The van der Waals surface area contributed by atoms with Crippen LogP contribution in [-0.4, -0.2) is 10.8 Å². The van der Waals surface area contributed by atoms with Gasteiger partial charge >= 0.3 is 0 Å². The molecule has 0 saturated carbocycles. The van der Waals surface area contributed by atoms with E-state index >= 15 is 0 Å². The molecule has 0 bridgehead atoms. The number of unbranched alkanes of at least 4 members (excludes halogenated alkanes) is 1. The number of carbonyl (C=O) groups excluding carboxylic acids is 1. The standard InChI is InChI=1S/C23H21NO2/c1-2-3-4-15-16-6-5-14(21-12-26-13-24-21)11-20(16)23-18(15)8-7-17-19(23)9-10-22(17)25/h5-8,11-13,15H,2-4,9-10H2,1H3. The Morgan fingerprint density at radius 1 is 1.12 bits per heavy atom. The summed E-state index contributed by atoms with van der Waals surface area (Å²) < 4.78 is 5.16. The Hall–Kier alpha value is -2.68. The summed E-state index contributed by atoms with van der Waals surface area (Å²) in [5, 5.41) is 0. The van der Waals surface area contributed by atoms with Gasteiger partial charge in [0.15, 0.2) is 12.2 Å². The smallest absolute Gasteiger partial charge is 0.181 e. The molecule has 1 atom stereocenters. The van der Waals surface area contributed by atoms with Gasteiger partial charge in [-0.3, -0.25) is 4.79 Å². The third-order valence-corrected chi connectivity index (χ3v) is 5.90. The first kappa shape index (κ1) is 15.6. The van der Waals surface area contributed by atoms with Gasteiger partial charge in [-0.25, -0.2) is 4.98 Å². The number of hydrogen-bond acceptors (Lipinski definition) is 3. The maximum absolute atomic E-state index is 12.3. The van der Waals surface area contributed by atoms with Gasteiger partial charge in [-0.1, -0.05) is 44.0 Å². The molecule has 1 heterocycles. The van der Waals surface area contributed by atoms with E-state index in [2.05, 4.69) is 42.2 Å². The van der Waals surface area contributed by atoms with Gasteiger partial charge in [0.1, 0.15) is 12.0 Å². The maximum atomic E-state index is 12.3. The summed E-state index contributed by atoms with van der Waals surface area (Å²) in [6, 6.07) is 10.9. The molecular formula is C23H21NO2. The van der Waals surface area contributed by atoms with Gasteiger partial charge in [-0.2, -0.15) is 0 Å². The van der Waals surface area contributed by atoms with E-state index in [1.807, 2.05) is 0 Å². The molecule has 5 rings (SSSR count). The number of hydrogen-bond donors (Lipinski definition) is 0. The van der Waals surface area contributed by atoms with Crippen LogP contribution in [0.5, 0.6) is 0 Å². The highest BCUT2D eigenvalue weighted by atomic mass is 16.3. The van der Waals surface area contributed by atoms with Gasteiger partial charge in [0, 0.05) is 23.5 Å². The fourth-order valence-corrected chi connectivity index (χ4v) is 4.65. The summed E-state index contributed by atoms with van der Waals surface area (Å²) in [6.45, 7) is 2.24. The van der Waals surface area contributed by atoms with Crippen molar-refractivity contribution in [1.29, 1.82) is 0 Å². The first-order valence-corrected chi connectivity index (χ1v) is 9.49. The van der Waals surface area contributed by atoms with E-state index < -0.39 is 0 Å². The van der Waals surface area contributed by atoms with Crippen LogP contribution in [0.3, 0.4) is 0 Å². The lowest BCUT2D eigenvalue weighted by molar-refractivity contribution is 0.0994. The topological polar surface area (TPSA) is 43.1 Å². The zero-order valence-corrected chi connectivity index (χ0v) is 14.9. The summed E-state index contributed by atoms with van der Waals surface area (Å²) in [7, 11) is 0. The van der Waals surface area contributed by atoms with Crippen LogP contribution in [0.2, 0.25) is 0 Å². The van der Waals surface area contributed by atoms with Crippen molar-refractivity contribution in [3.05, 3.63) is 65.2 Å². The highest BCUT2D eigenvalue weighted by molar-refractivity contribution is 6.04. The maximum Gasteiger partial charge on any atom is 0.181 e. The molecule has 0 fully saturated rings. The second-order valence-corrected chi connectivity index (χ2v) is 7.35. The number of carbonyl (C=O) groups is 1. The molecule has 0 amide bonds. The second kappa shape index (κ2) is 5.94. The van der Waals surface area contributed by atoms with Gasteiger partial charge in [0.25, 0.3) is 0 Å². The molecule has 3 heteroatoms. The lowest BCUT2D eigenvalue weighted by atomic mass is 9.90. The molecule has 0 aliphatic heterocycles. The third-order valence-electron chi connectivity index (χ3n) is 5.90. The van der Waals surface area contributed by atoms with Crippen molar-refractivity contribution in [2.75, 3.05) is 0 Å². The van der Waals surface area contributed by atoms with Crippen molar-refractivity contribution in [3.63, 3.8) is 0 Å². The number of oxazole rings is 1. The molecule has 26 heavy (non-hydrogen) atoms. The molecule has 2 aliphatic carbocycles. The van der Waals surface area contributed by atoms with Crippen molar-refractivity contribution >= 4 is 5.78 Å². The first-order chi connectivity index (χ1) is 12.8. The predicted molar refractivity (Wildman–Crippen MR) is 101 cm³/mol. The fraction of sp³-hybridized carbons (Fsp3) is 0.304. The molecule has 3 aromatic rings. The van der Waals surface area contributed by atoms with E-state index in [1.165, 1.54) is 47.1 Å². The Labute approximate surface area is 153 Å². The highest BCUT2D eigenvalue weighted by Crippen LogP contribution is 2.51. The second-order valence-electron chi connectivity index (χ2n) is 7.35. The van der Waals surface area contributed by atoms with Crippen LogP contribution >= 0.6 is 0 Å². The predicted octanol–water partition coefficient (Wildman–Crippen LogP) is 5.77. The van der Waals surface area contributed by atoms with Crippen molar-refractivity contribution < 1.29 is 9.21 Å². The zero-order chi connectivity index (χ0) is 17.7. The average molecular weight is 343 g/mol.